The number of carbonyl (C=O) groups is 3. The first-order valence-electron chi connectivity index (χ1n) is 6.50. The van der Waals surface area contributed by atoms with Crippen molar-refractivity contribution < 1.29 is 24.6 Å². The van der Waals surface area contributed by atoms with Crippen molar-refractivity contribution in [2.24, 2.45) is 0 Å². The molecular formula is C13H19N3O5. The third kappa shape index (κ3) is 3.59. The van der Waals surface area contributed by atoms with Gasteiger partial charge in [0.25, 0.3) is 6.47 Å². The van der Waals surface area contributed by atoms with E-state index in [0.29, 0.717) is 12.8 Å². The lowest BCUT2D eigenvalue weighted by atomic mass is 9.76. The first kappa shape index (κ1) is 16.7. The number of nitrogens with one attached hydrogen (secondary N) is 1. The molecule has 0 radical (unpaired) electrons. The quantitative estimate of drug-likeness (QED) is 0.699. The fourth-order valence-corrected chi connectivity index (χ4v) is 2.19. The average molecular weight is 297 g/mol. The number of hydrogen-bond acceptors (Lipinski definition) is 4. The number of imidazole rings is 1. The van der Waals surface area contributed by atoms with Crippen LogP contribution in [0, 0.1) is 6.92 Å². The molecule has 8 nitrogen and oxygen atoms in total. The molecule has 1 aliphatic carbocycles. The van der Waals surface area contributed by atoms with Crippen LogP contribution >= 0.6 is 0 Å². The lowest BCUT2D eigenvalue weighted by molar-refractivity contribution is -0.152. The standard InChI is InChI=1S/C12H17N3O3.CH2O2/c1-8(15-7-6-13-9(15)2)10(16)14-12(11(17)18)4-3-5-12;2-1-3/h6-8H,3-5H2,1-2H3,(H,14,16)(H,17,18);1H,(H,2,3). The average Bonchev–Trinajstić information content (AvgIpc) is 2.79. The van der Waals surface area contributed by atoms with Gasteiger partial charge in [-0.05, 0) is 33.1 Å². The molecule has 3 N–H and O–H groups in total. The molecule has 1 amide bonds. The molecule has 1 saturated carbocycles. The normalized spacial score (nSPS) is 16.7. The number of rotatable bonds is 4. The maximum atomic E-state index is 12.1. The molecule has 0 saturated heterocycles. The molecule has 1 atom stereocenters. The second-order valence-electron chi connectivity index (χ2n) is 4.89. The van der Waals surface area contributed by atoms with Crippen LogP contribution in [0.5, 0.6) is 0 Å². The van der Waals surface area contributed by atoms with Crippen molar-refractivity contribution in [1.82, 2.24) is 14.9 Å². The number of carboxylic acids is 1. The van der Waals surface area contributed by atoms with Crippen LogP contribution in [-0.4, -0.2) is 43.7 Å². The molecule has 1 unspecified atom stereocenters. The summed E-state index contributed by atoms with van der Waals surface area (Å²) >= 11 is 0. The topological polar surface area (TPSA) is 122 Å². The van der Waals surface area contributed by atoms with Gasteiger partial charge in [0.05, 0.1) is 0 Å². The van der Waals surface area contributed by atoms with E-state index in [0.717, 1.165) is 12.2 Å². The maximum absolute atomic E-state index is 12.1. The summed E-state index contributed by atoms with van der Waals surface area (Å²) in [5.41, 5.74) is -1.06. The van der Waals surface area contributed by atoms with Gasteiger partial charge in [0, 0.05) is 12.4 Å². The SMILES string of the molecule is Cc1nccn1C(C)C(=O)NC1(C(=O)O)CCC1.O=CO. The molecule has 0 bridgehead atoms. The Balaban J connectivity index is 0.000000677. The Kier molecular flexibility index (Phi) is 5.45. The molecule has 0 aliphatic heterocycles. The maximum Gasteiger partial charge on any atom is 0.329 e. The van der Waals surface area contributed by atoms with Gasteiger partial charge in [0.2, 0.25) is 5.91 Å². The summed E-state index contributed by atoms with van der Waals surface area (Å²) < 4.78 is 1.73. The van der Waals surface area contributed by atoms with Crippen molar-refractivity contribution in [3.05, 3.63) is 18.2 Å². The molecular weight excluding hydrogens is 278 g/mol. The highest BCUT2D eigenvalue weighted by Gasteiger charge is 2.46. The van der Waals surface area contributed by atoms with E-state index in [1.165, 1.54) is 0 Å². The van der Waals surface area contributed by atoms with E-state index in [4.69, 9.17) is 15.0 Å². The Labute approximate surface area is 121 Å². The summed E-state index contributed by atoms with van der Waals surface area (Å²) in [7, 11) is 0. The molecule has 1 aromatic heterocycles. The fraction of sp³-hybridized carbons (Fsp3) is 0.538. The monoisotopic (exact) mass is 297 g/mol. The summed E-state index contributed by atoms with van der Waals surface area (Å²) in [6.07, 6.45) is 5.18. The second kappa shape index (κ2) is 6.87. The molecule has 1 aliphatic rings. The molecule has 2 rings (SSSR count). The van der Waals surface area contributed by atoms with Crippen LogP contribution in [0.2, 0.25) is 0 Å². The third-order valence-electron chi connectivity index (χ3n) is 3.64. The van der Waals surface area contributed by atoms with E-state index in [9.17, 15) is 9.59 Å². The molecule has 0 aromatic carbocycles. The minimum atomic E-state index is -1.06. The number of nitrogens with zero attached hydrogens (tertiary/aromatic N) is 2. The van der Waals surface area contributed by atoms with Gasteiger partial charge < -0.3 is 20.1 Å². The van der Waals surface area contributed by atoms with Crippen LogP contribution in [0.1, 0.15) is 38.1 Å². The smallest absolute Gasteiger partial charge is 0.329 e. The van der Waals surface area contributed by atoms with Crippen LogP contribution in [0.15, 0.2) is 12.4 Å². The Hall–Kier alpha value is -2.38. The predicted molar refractivity (Wildman–Crippen MR) is 72.7 cm³/mol. The highest BCUT2D eigenvalue weighted by molar-refractivity contribution is 5.89. The van der Waals surface area contributed by atoms with Crippen LogP contribution in [-0.2, 0) is 14.4 Å². The van der Waals surface area contributed by atoms with Gasteiger partial charge >= 0.3 is 5.97 Å². The van der Waals surface area contributed by atoms with Crippen molar-refractivity contribution in [3.8, 4) is 0 Å². The van der Waals surface area contributed by atoms with Crippen LogP contribution in [0.4, 0.5) is 0 Å². The van der Waals surface area contributed by atoms with E-state index in [2.05, 4.69) is 10.3 Å². The second-order valence-corrected chi connectivity index (χ2v) is 4.89. The van der Waals surface area contributed by atoms with E-state index in [1.54, 1.807) is 30.8 Å². The number of aryl methyl sites for hydroxylation is 1. The predicted octanol–water partition coefficient (Wildman–Crippen LogP) is 0.577. The fourth-order valence-electron chi connectivity index (χ4n) is 2.19. The van der Waals surface area contributed by atoms with Gasteiger partial charge in [-0.3, -0.25) is 9.59 Å². The number of hydrogen-bond donors (Lipinski definition) is 3. The van der Waals surface area contributed by atoms with Crippen LogP contribution in [0.3, 0.4) is 0 Å². The third-order valence-corrected chi connectivity index (χ3v) is 3.64. The van der Waals surface area contributed by atoms with E-state index in [1.807, 2.05) is 0 Å². The first-order valence-corrected chi connectivity index (χ1v) is 6.50. The van der Waals surface area contributed by atoms with Gasteiger partial charge in [-0.25, -0.2) is 9.78 Å². The van der Waals surface area contributed by atoms with Crippen LogP contribution in [0.25, 0.3) is 0 Å². The molecule has 1 fully saturated rings. The van der Waals surface area contributed by atoms with Gasteiger partial charge in [0.1, 0.15) is 17.4 Å². The van der Waals surface area contributed by atoms with Gasteiger partial charge in [0.15, 0.2) is 0 Å². The minimum Gasteiger partial charge on any atom is -0.483 e. The highest BCUT2D eigenvalue weighted by Crippen LogP contribution is 2.32. The van der Waals surface area contributed by atoms with Crippen molar-refractivity contribution in [3.63, 3.8) is 0 Å². The van der Waals surface area contributed by atoms with E-state index in [-0.39, 0.29) is 12.4 Å². The highest BCUT2D eigenvalue weighted by atomic mass is 16.4. The Morgan fingerprint density at radius 1 is 1.52 bits per heavy atom. The Morgan fingerprint density at radius 3 is 2.43 bits per heavy atom. The number of amides is 1. The number of carbonyl (C=O) groups excluding carboxylic acids is 1. The Bertz CT molecular complexity index is 522. The van der Waals surface area contributed by atoms with Crippen LogP contribution < -0.4 is 5.32 Å². The lowest BCUT2D eigenvalue weighted by Crippen LogP contribution is -2.60. The number of carboxylic acid groups (broad SMARTS) is 2. The van der Waals surface area contributed by atoms with Crippen molar-refractivity contribution in [1.29, 1.82) is 0 Å². The molecule has 0 spiro atoms. The van der Waals surface area contributed by atoms with Crippen molar-refractivity contribution in [2.75, 3.05) is 0 Å². The van der Waals surface area contributed by atoms with E-state index < -0.39 is 17.6 Å². The molecule has 8 heteroatoms. The first-order chi connectivity index (χ1) is 9.88. The van der Waals surface area contributed by atoms with Gasteiger partial charge in [-0.2, -0.15) is 0 Å². The molecule has 116 valence electrons. The zero-order chi connectivity index (χ0) is 16.0. The van der Waals surface area contributed by atoms with Gasteiger partial charge in [-0.1, -0.05) is 0 Å². The summed E-state index contributed by atoms with van der Waals surface area (Å²) in [4.78, 5) is 35.7. The molecule has 1 heterocycles. The molecule has 1 aromatic rings. The Morgan fingerprint density at radius 2 is 2.10 bits per heavy atom. The zero-order valence-corrected chi connectivity index (χ0v) is 11.9. The summed E-state index contributed by atoms with van der Waals surface area (Å²) in [6.45, 7) is 3.29. The lowest BCUT2D eigenvalue weighted by Gasteiger charge is -2.39. The summed E-state index contributed by atoms with van der Waals surface area (Å²) in [5, 5.41) is 18.7. The molecule has 21 heavy (non-hydrogen) atoms. The summed E-state index contributed by atoms with van der Waals surface area (Å²) in [5.74, 6) is -0.495. The van der Waals surface area contributed by atoms with Gasteiger partial charge in [-0.15, -0.1) is 0 Å². The summed E-state index contributed by atoms with van der Waals surface area (Å²) in [6, 6.07) is -0.454. The minimum absolute atomic E-state index is 0.250. The number of aliphatic carboxylic acids is 1. The number of aromatic nitrogens is 2. The largest absolute Gasteiger partial charge is 0.483 e. The van der Waals surface area contributed by atoms with E-state index >= 15 is 0 Å². The van der Waals surface area contributed by atoms with Crippen molar-refractivity contribution >= 4 is 18.3 Å². The zero-order valence-electron chi connectivity index (χ0n) is 11.9. The van der Waals surface area contributed by atoms with Crippen molar-refractivity contribution in [2.45, 2.75) is 44.7 Å².